The van der Waals surface area contributed by atoms with Crippen molar-refractivity contribution in [3.63, 3.8) is 0 Å². The molecule has 1 unspecified atom stereocenters. The summed E-state index contributed by atoms with van der Waals surface area (Å²) < 4.78 is 10.4. The highest BCUT2D eigenvalue weighted by molar-refractivity contribution is 6.32. The molecule has 0 radical (unpaired) electrons. The first-order chi connectivity index (χ1) is 13.3. The van der Waals surface area contributed by atoms with E-state index >= 15 is 0 Å². The number of carbonyl (C=O) groups excluding carboxylic acids is 2. The van der Waals surface area contributed by atoms with Gasteiger partial charge in [-0.1, -0.05) is 11.6 Å². The fraction of sp³-hybridized carbons (Fsp3) is 0.211. The Balaban J connectivity index is 1.87. The summed E-state index contributed by atoms with van der Waals surface area (Å²) in [5.74, 6) is -1.28. The average Bonchev–Trinajstić information content (AvgIpc) is 2.67. The molecule has 0 saturated heterocycles. The molecule has 0 fully saturated rings. The maximum atomic E-state index is 12.7. The van der Waals surface area contributed by atoms with Crippen LogP contribution in [0.15, 0.2) is 36.4 Å². The molecule has 2 amide bonds. The molecule has 28 heavy (non-hydrogen) atoms. The molecular formula is C19H17ClN2O6. The Morgan fingerprint density at radius 2 is 2.04 bits per heavy atom. The van der Waals surface area contributed by atoms with Crippen molar-refractivity contribution in [2.24, 2.45) is 0 Å². The number of methoxy groups -OCH3 is 1. The van der Waals surface area contributed by atoms with Gasteiger partial charge >= 0.3 is 5.97 Å². The van der Waals surface area contributed by atoms with Crippen molar-refractivity contribution in [2.45, 2.75) is 13.0 Å². The summed E-state index contributed by atoms with van der Waals surface area (Å²) in [6.07, 6.45) is 0. The Morgan fingerprint density at radius 3 is 2.68 bits per heavy atom. The summed E-state index contributed by atoms with van der Waals surface area (Å²) >= 11 is 6.07. The lowest BCUT2D eigenvalue weighted by molar-refractivity contribution is -0.125. The van der Waals surface area contributed by atoms with Crippen LogP contribution in [0.25, 0.3) is 0 Å². The minimum Gasteiger partial charge on any atom is -0.495 e. The predicted octanol–water partition coefficient (Wildman–Crippen LogP) is 2.80. The lowest BCUT2D eigenvalue weighted by Crippen LogP contribution is -2.49. The summed E-state index contributed by atoms with van der Waals surface area (Å²) in [6.45, 7) is 1.30. The molecule has 3 rings (SSSR count). The normalized spacial score (nSPS) is 14.0. The number of hydrogen-bond acceptors (Lipinski definition) is 5. The number of carboxylic acid groups (broad SMARTS) is 1. The molecule has 0 aromatic heterocycles. The second-order valence-electron chi connectivity index (χ2n) is 6.05. The molecule has 2 aromatic carbocycles. The van der Waals surface area contributed by atoms with Crippen molar-refractivity contribution in [1.82, 2.24) is 0 Å². The molecule has 1 aliphatic heterocycles. The smallest absolute Gasteiger partial charge is 0.335 e. The van der Waals surface area contributed by atoms with Gasteiger partial charge in [-0.2, -0.15) is 0 Å². The van der Waals surface area contributed by atoms with Crippen molar-refractivity contribution in [1.29, 1.82) is 0 Å². The number of benzene rings is 2. The van der Waals surface area contributed by atoms with Gasteiger partial charge in [-0.3, -0.25) is 14.5 Å². The van der Waals surface area contributed by atoms with E-state index in [1.807, 2.05) is 0 Å². The van der Waals surface area contributed by atoms with Crippen LogP contribution in [0.4, 0.5) is 11.4 Å². The predicted molar refractivity (Wildman–Crippen MR) is 102 cm³/mol. The molecule has 146 valence electrons. The van der Waals surface area contributed by atoms with Crippen LogP contribution in [0.5, 0.6) is 11.5 Å². The van der Waals surface area contributed by atoms with E-state index in [1.165, 1.54) is 36.3 Å². The zero-order valence-corrected chi connectivity index (χ0v) is 15.8. The third-order valence-electron chi connectivity index (χ3n) is 4.27. The monoisotopic (exact) mass is 404 g/mol. The van der Waals surface area contributed by atoms with Crippen LogP contribution in [0, 0.1) is 0 Å². The minimum atomic E-state index is -1.15. The maximum absolute atomic E-state index is 12.7. The number of rotatable bonds is 5. The van der Waals surface area contributed by atoms with Crippen LogP contribution < -0.4 is 19.7 Å². The Kier molecular flexibility index (Phi) is 5.41. The fourth-order valence-corrected chi connectivity index (χ4v) is 3.09. The van der Waals surface area contributed by atoms with Crippen LogP contribution in [0.1, 0.15) is 17.3 Å². The number of hydrogen-bond donors (Lipinski definition) is 2. The SMILES string of the molecule is COc1ccc(NC(=O)C(C)N2C(=O)COc3ccc(C(=O)O)cc32)cc1Cl. The van der Waals surface area contributed by atoms with Gasteiger partial charge in [0.25, 0.3) is 5.91 Å². The Morgan fingerprint density at radius 1 is 1.29 bits per heavy atom. The van der Waals surface area contributed by atoms with Crippen LogP contribution >= 0.6 is 11.6 Å². The molecule has 0 spiro atoms. The van der Waals surface area contributed by atoms with E-state index in [4.69, 9.17) is 21.1 Å². The van der Waals surface area contributed by atoms with Crippen LogP contribution in [-0.4, -0.2) is 42.6 Å². The number of nitrogens with one attached hydrogen (secondary N) is 1. The lowest BCUT2D eigenvalue weighted by atomic mass is 10.1. The van der Waals surface area contributed by atoms with E-state index in [-0.39, 0.29) is 17.9 Å². The van der Waals surface area contributed by atoms with E-state index in [2.05, 4.69) is 5.32 Å². The van der Waals surface area contributed by atoms with Crippen molar-refractivity contribution in [2.75, 3.05) is 23.9 Å². The second-order valence-corrected chi connectivity index (χ2v) is 6.46. The van der Waals surface area contributed by atoms with E-state index in [9.17, 15) is 19.5 Å². The highest BCUT2D eigenvalue weighted by Gasteiger charge is 2.33. The number of carbonyl (C=O) groups is 3. The molecule has 2 N–H and O–H groups in total. The highest BCUT2D eigenvalue weighted by Crippen LogP contribution is 2.35. The molecule has 0 saturated carbocycles. The molecule has 1 aliphatic rings. The Hall–Kier alpha value is -3.26. The number of halogens is 1. The summed E-state index contributed by atoms with van der Waals surface area (Å²) in [7, 11) is 1.48. The molecule has 1 atom stereocenters. The quantitative estimate of drug-likeness (QED) is 0.793. The average molecular weight is 405 g/mol. The minimum absolute atomic E-state index is 0.0170. The topological polar surface area (TPSA) is 105 Å². The number of ether oxygens (including phenoxy) is 2. The van der Waals surface area contributed by atoms with Gasteiger partial charge in [0.2, 0.25) is 5.91 Å². The fourth-order valence-electron chi connectivity index (χ4n) is 2.84. The number of aromatic carboxylic acids is 1. The van der Waals surface area contributed by atoms with Crippen LogP contribution in [0.2, 0.25) is 5.02 Å². The Bertz CT molecular complexity index is 961. The summed E-state index contributed by atoms with van der Waals surface area (Å²) in [5, 5.41) is 12.2. The van der Waals surface area contributed by atoms with E-state index in [1.54, 1.807) is 19.1 Å². The van der Waals surface area contributed by atoms with Gasteiger partial charge in [0.05, 0.1) is 23.4 Å². The van der Waals surface area contributed by atoms with Gasteiger partial charge in [0, 0.05) is 5.69 Å². The molecule has 0 bridgehead atoms. The second kappa shape index (κ2) is 7.77. The summed E-state index contributed by atoms with van der Waals surface area (Å²) in [5.41, 5.74) is 0.644. The highest BCUT2D eigenvalue weighted by atomic mass is 35.5. The Labute approximate surface area is 165 Å². The van der Waals surface area contributed by atoms with Crippen molar-refractivity contribution >= 4 is 40.8 Å². The number of fused-ring (bicyclic) bond motifs is 1. The van der Waals surface area contributed by atoms with Gasteiger partial charge in [-0.05, 0) is 43.3 Å². The van der Waals surface area contributed by atoms with E-state index < -0.39 is 23.8 Å². The van der Waals surface area contributed by atoms with Gasteiger partial charge in [0.15, 0.2) is 6.61 Å². The van der Waals surface area contributed by atoms with Gasteiger partial charge in [-0.15, -0.1) is 0 Å². The van der Waals surface area contributed by atoms with Crippen molar-refractivity contribution < 1.29 is 29.0 Å². The lowest BCUT2D eigenvalue weighted by Gasteiger charge is -2.33. The number of carboxylic acids is 1. The number of amides is 2. The van der Waals surface area contributed by atoms with Crippen LogP contribution in [0.3, 0.4) is 0 Å². The molecule has 2 aromatic rings. The standard InChI is InChI=1S/C19H17ClN2O6/c1-10(18(24)21-12-4-6-15(27-2)13(20)8-12)22-14-7-11(19(25)26)3-5-16(14)28-9-17(22)23/h3-8,10H,9H2,1-2H3,(H,21,24)(H,25,26). The third-order valence-corrected chi connectivity index (χ3v) is 4.57. The first-order valence-electron chi connectivity index (χ1n) is 8.28. The van der Waals surface area contributed by atoms with E-state index in [0.717, 1.165) is 0 Å². The zero-order chi connectivity index (χ0) is 20.4. The summed E-state index contributed by atoms with van der Waals surface area (Å²) in [6, 6.07) is 7.99. The summed E-state index contributed by atoms with van der Waals surface area (Å²) in [4.78, 5) is 37.6. The first kappa shape index (κ1) is 19.5. The van der Waals surface area contributed by atoms with Gasteiger partial charge in [0.1, 0.15) is 17.5 Å². The molecule has 8 nitrogen and oxygen atoms in total. The maximum Gasteiger partial charge on any atom is 0.335 e. The van der Waals surface area contributed by atoms with Crippen molar-refractivity contribution in [3.05, 3.63) is 47.0 Å². The van der Waals surface area contributed by atoms with Crippen molar-refractivity contribution in [3.8, 4) is 11.5 Å². The largest absolute Gasteiger partial charge is 0.495 e. The third kappa shape index (κ3) is 3.72. The molecule has 0 aliphatic carbocycles. The first-order valence-corrected chi connectivity index (χ1v) is 8.66. The van der Waals surface area contributed by atoms with E-state index in [0.29, 0.717) is 22.2 Å². The van der Waals surface area contributed by atoms with Gasteiger partial charge in [-0.25, -0.2) is 4.79 Å². The van der Waals surface area contributed by atoms with Gasteiger partial charge < -0.3 is 19.9 Å². The van der Waals surface area contributed by atoms with Crippen LogP contribution in [-0.2, 0) is 9.59 Å². The molecule has 1 heterocycles. The molecular weight excluding hydrogens is 388 g/mol. The molecule has 9 heteroatoms. The number of nitrogens with zero attached hydrogens (tertiary/aromatic N) is 1. The number of anilines is 2. The zero-order valence-electron chi connectivity index (χ0n) is 15.1.